The van der Waals surface area contributed by atoms with Gasteiger partial charge < -0.3 is 14.6 Å². The highest BCUT2D eigenvalue weighted by Gasteiger charge is 2.04. The van der Waals surface area contributed by atoms with Gasteiger partial charge in [-0.3, -0.25) is 4.79 Å². The van der Waals surface area contributed by atoms with Gasteiger partial charge in [-0.1, -0.05) is 0 Å². The van der Waals surface area contributed by atoms with Crippen molar-refractivity contribution in [2.24, 2.45) is 5.10 Å². The van der Waals surface area contributed by atoms with Crippen LogP contribution in [0.3, 0.4) is 0 Å². The summed E-state index contributed by atoms with van der Waals surface area (Å²) in [7, 11) is 1.47. The average molecular weight is 314 g/mol. The number of carbonyl (C=O) groups excluding carboxylic acids is 1. The van der Waals surface area contributed by atoms with Crippen LogP contribution < -0.4 is 14.9 Å². The van der Waals surface area contributed by atoms with Gasteiger partial charge in [-0.05, 0) is 55.0 Å². The van der Waals surface area contributed by atoms with E-state index in [2.05, 4.69) is 10.5 Å². The Hall–Kier alpha value is -3.02. The molecule has 2 N–H and O–H groups in total. The lowest BCUT2D eigenvalue weighted by molar-refractivity contribution is 0.0955. The summed E-state index contributed by atoms with van der Waals surface area (Å²) in [5.74, 6) is 0.762. The third-order valence-electron chi connectivity index (χ3n) is 3.01. The number of ether oxygens (including phenoxy) is 2. The molecule has 6 heteroatoms. The Kier molecular flexibility index (Phi) is 5.57. The van der Waals surface area contributed by atoms with Crippen LogP contribution in [0, 0.1) is 0 Å². The molecule has 120 valence electrons. The standard InChI is InChI=1S/C17H18N2O4/c1-3-23-14-7-5-13(6-8-14)17(21)19-18-11-12-4-9-16(22-2)15(20)10-12/h4-11,20H,3H2,1-2H3,(H,19,21). The number of methoxy groups -OCH3 is 1. The summed E-state index contributed by atoms with van der Waals surface area (Å²) in [4.78, 5) is 11.9. The summed E-state index contributed by atoms with van der Waals surface area (Å²) < 4.78 is 10.3. The van der Waals surface area contributed by atoms with Crippen molar-refractivity contribution in [3.8, 4) is 17.2 Å². The predicted molar refractivity (Wildman–Crippen MR) is 87.3 cm³/mol. The van der Waals surface area contributed by atoms with E-state index in [0.29, 0.717) is 29.2 Å². The zero-order valence-corrected chi connectivity index (χ0v) is 12.9. The number of phenolic OH excluding ortho intramolecular Hbond substituents is 1. The lowest BCUT2D eigenvalue weighted by Crippen LogP contribution is -2.17. The molecule has 2 aromatic rings. The first kappa shape index (κ1) is 16.4. The molecule has 0 aliphatic carbocycles. The number of amides is 1. The number of hydrogen-bond acceptors (Lipinski definition) is 5. The fourth-order valence-corrected chi connectivity index (χ4v) is 1.89. The van der Waals surface area contributed by atoms with Gasteiger partial charge in [-0.25, -0.2) is 5.43 Å². The normalized spacial score (nSPS) is 10.5. The van der Waals surface area contributed by atoms with E-state index < -0.39 is 0 Å². The molecular formula is C17H18N2O4. The van der Waals surface area contributed by atoms with E-state index in [1.54, 1.807) is 36.4 Å². The number of hydrogen-bond donors (Lipinski definition) is 2. The lowest BCUT2D eigenvalue weighted by Gasteiger charge is -2.04. The van der Waals surface area contributed by atoms with Crippen molar-refractivity contribution in [3.63, 3.8) is 0 Å². The summed E-state index contributed by atoms with van der Waals surface area (Å²) >= 11 is 0. The maximum atomic E-state index is 11.9. The van der Waals surface area contributed by atoms with E-state index in [1.165, 1.54) is 19.4 Å². The van der Waals surface area contributed by atoms with Crippen LogP contribution in [0.25, 0.3) is 0 Å². The third kappa shape index (κ3) is 4.47. The van der Waals surface area contributed by atoms with Crippen molar-refractivity contribution in [3.05, 3.63) is 53.6 Å². The zero-order valence-electron chi connectivity index (χ0n) is 12.9. The minimum atomic E-state index is -0.331. The first-order chi connectivity index (χ1) is 11.1. The van der Waals surface area contributed by atoms with Crippen LogP contribution in [0.4, 0.5) is 0 Å². The number of phenols is 1. The maximum Gasteiger partial charge on any atom is 0.271 e. The molecule has 0 saturated carbocycles. The van der Waals surface area contributed by atoms with E-state index >= 15 is 0 Å². The van der Waals surface area contributed by atoms with Gasteiger partial charge in [0.2, 0.25) is 0 Å². The number of nitrogens with one attached hydrogen (secondary N) is 1. The second kappa shape index (κ2) is 7.84. The largest absolute Gasteiger partial charge is 0.504 e. The minimum Gasteiger partial charge on any atom is -0.504 e. The molecule has 0 aliphatic heterocycles. The maximum absolute atomic E-state index is 11.9. The number of nitrogens with zero attached hydrogens (tertiary/aromatic N) is 1. The average Bonchev–Trinajstić information content (AvgIpc) is 2.56. The molecule has 0 unspecified atom stereocenters. The number of hydrazone groups is 1. The van der Waals surface area contributed by atoms with Gasteiger partial charge in [-0.15, -0.1) is 0 Å². The molecule has 0 heterocycles. The Bertz CT molecular complexity index is 696. The van der Waals surface area contributed by atoms with Gasteiger partial charge in [0.05, 0.1) is 19.9 Å². The summed E-state index contributed by atoms with van der Waals surface area (Å²) in [6, 6.07) is 11.6. The molecule has 2 aromatic carbocycles. The first-order valence-electron chi connectivity index (χ1n) is 7.07. The Labute approximate surface area is 134 Å². The Morgan fingerprint density at radius 2 is 2.00 bits per heavy atom. The molecule has 2 rings (SSSR count). The molecule has 0 aromatic heterocycles. The van der Waals surface area contributed by atoms with Gasteiger partial charge in [-0.2, -0.15) is 5.10 Å². The Balaban J connectivity index is 1.96. The van der Waals surface area contributed by atoms with E-state index in [9.17, 15) is 9.90 Å². The smallest absolute Gasteiger partial charge is 0.271 e. The number of rotatable bonds is 6. The minimum absolute atomic E-state index is 0.00860. The highest BCUT2D eigenvalue weighted by atomic mass is 16.5. The summed E-state index contributed by atoms with van der Waals surface area (Å²) in [6.07, 6.45) is 1.44. The van der Waals surface area contributed by atoms with E-state index in [4.69, 9.17) is 9.47 Å². The van der Waals surface area contributed by atoms with Gasteiger partial charge in [0.25, 0.3) is 5.91 Å². The third-order valence-corrected chi connectivity index (χ3v) is 3.01. The topological polar surface area (TPSA) is 80.2 Å². The molecule has 0 fully saturated rings. The number of aromatic hydroxyl groups is 1. The van der Waals surface area contributed by atoms with Crippen molar-refractivity contribution in [1.82, 2.24) is 5.43 Å². The van der Waals surface area contributed by atoms with Crippen molar-refractivity contribution in [2.75, 3.05) is 13.7 Å². The van der Waals surface area contributed by atoms with Crippen LogP contribution in [0.2, 0.25) is 0 Å². The molecule has 6 nitrogen and oxygen atoms in total. The van der Waals surface area contributed by atoms with E-state index in [1.807, 2.05) is 6.92 Å². The van der Waals surface area contributed by atoms with Crippen LogP contribution in [0.15, 0.2) is 47.6 Å². The van der Waals surface area contributed by atoms with E-state index in [0.717, 1.165) is 0 Å². The Morgan fingerprint density at radius 1 is 1.26 bits per heavy atom. The van der Waals surface area contributed by atoms with E-state index in [-0.39, 0.29) is 11.7 Å². The van der Waals surface area contributed by atoms with Crippen molar-refractivity contribution in [2.45, 2.75) is 6.92 Å². The quantitative estimate of drug-likeness (QED) is 0.634. The zero-order chi connectivity index (χ0) is 16.7. The second-order valence-corrected chi connectivity index (χ2v) is 4.59. The fraction of sp³-hybridized carbons (Fsp3) is 0.176. The van der Waals surface area contributed by atoms with Crippen molar-refractivity contribution < 1.29 is 19.4 Å². The SMILES string of the molecule is CCOc1ccc(C(=O)NN=Cc2ccc(OC)c(O)c2)cc1. The molecule has 0 aliphatic rings. The molecule has 0 radical (unpaired) electrons. The van der Waals surface area contributed by atoms with Gasteiger partial charge in [0, 0.05) is 5.56 Å². The van der Waals surface area contributed by atoms with Crippen molar-refractivity contribution in [1.29, 1.82) is 0 Å². The number of benzene rings is 2. The monoisotopic (exact) mass is 314 g/mol. The molecular weight excluding hydrogens is 296 g/mol. The predicted octanol–water partition coefficient (Wildman–Crippen LogP) is 2.56. The van der Waals surface area contributed by atoms with Crippen molar-refractivity contribution >= 4 is 12.1 Å². The van der Waals surface area contributed by atoms with Gasteiger partial charge >= 0.3 is 0 Å². The van der Waals surface area contributed by atoms with Crippen LogP contribution in [0.5, 0.6) is 17.2 Å². The van der Waals surface area contributed by atoms with Crippen LogP contribution in [0.1, 0.15) is 22.8 Å². The fourth-order valence-electron chi connectivity index (χ4n) is 1.89. The van der Waals surface area contributed by atoms with Gasteiger partial charge in [0.1, 0.15) is 5.75 Å². The summed E-state index contributed by atoms with van der Waals surface area (Å²) in [5, 5.41) is 13.5. The molecule has 0 saturated heterocycles. The molecule has 0 atom stereocenters. The molecule has 0 bridgehead atoms. The Morgan fingerprint density at radius 3 is 2.61 bits per heavy atom. The number of carbonyl (C=O) groups is 1. The second-order valence-electron chi connectivity index (χ2n) is 4.59. The highest BCUT2D eigenvalue weighted by Crippen LogP contribution is 2.25. The molecule has 0 spiro atoms. The summed E-state index contributed by atoms with van der Waals surface area (Å²) in [5.41, 5.74) is 3.53. The molecule has 23 heavy (non-hydrogen) atoms. The van der Waals surface area contributed by atoms with Crippen LogP contribution >= 0.6 is 0 Å². The van der Waals surface area contributed by atoms with Gasteiger partial charge in [0.15, 0.2) is 11.5 Å². The van der Waals surface area contributed by atoms with Crippen LogP contribution in [-0.2, 0) is 0 Å². The lowest BCUT2D eigenvalue weighted by atomic mass is 10.2. The molecule has 1 amide bonds. The van der Waals surface area contributed by atoms with Crippen LogP contribution in [-0.4, -0.2) is 30.9 Å². The first-order valence-corrected chi connectivity index (χ1v) is 7.07. The highest BCUT2D eigenvalue weighted by molar-refractivity contribution is 5.95. The summed E-state index contributed by atoms with van der Waals surface area (Å²) in [6.45, 7) is 2.47.